The molecule has 0 saturated carbocycles. The van der Waals surface area contributed by atoms with Crippen molar-refractivity contribution in [3.63, 3.8) is 0 Å². The monoisotopic (exact) mass is 362 g/mol. The molecule has 1 amide bonds. The molecule has 1 aromatic rings. The van der Waals surface area contributed by atoms with Crippen LogP contribution in [0.25, 0.3) is 0 Å². The third kappa shape index (κ3) is 4.29. The highest BCUT2D eigenvalue weighted by Gasteiger charge is 2.35. The van der Waals surface area contributed by atoms with E-state index in [-0.39, 0.29) is 24.8 Å². The number of hydrogen-bond donors (Lipinski definition) is 2. The highest BCUT2D eigenvalue weighted by molar-refractivity contribution is 8.02. The van der Waals surface area contributed by atoms with Crippen LogP contribution in [0.5, 0.6) is 0 Å². The summed E-state index contributed by atoms with van der Waals surface area (Å²) < 4.78 is 0. The van der Waals surface area contributed by atoms with E-state index in [2.05, 4.69) is 20.5 Å². The first-order chi connectivity index (χ1) is 9.88. The van der Waals surface area contributed by atoms with Crippen LogP contribution in [0, 0.1) is 5.92 Å². The minimum Gasteiger partial charge on any atom is -0.339 e. The van der Waals surface area contributed by atoms with Crippen LogP contribution in [0.4, 0.5) is 0 Å². The number of nitrogens with one attached hydrogen (secondary N) is 2. The van der Waals surface area contributed by atoms with Crippen LogP contribution in [0.2, 0.25) is 0 Å². The van der Waals surface area contributed by atoms with Gasteiger partial charge < -0.3 is 15.5 Å². The summed E-state index contributed by atoms with van der Waals surface area (Å²) in [6, 6.07) is 5.93. The number of rotatable bonds is 5. The smallest absolute Gasteiger partial charge is 0.212 e. The van der Waals surface area contributed by atoms with Crippen LogP contribution >= 0.6 is 36.6 Å². The fourth-order valence-electron chi connectivity index (χ4n) is 2.72. The minimum atomic E-state index is 0. The van der Waals surface area contributed by atoms with Crippen LogP contribution < -0.4 is 10.6 Å². The predicted octanol–water partition coefficient (Wildman–Crippen LogP) is 1.95. The molecular formula is C14H20Cl2N4OS. The van der Waals surface area contributed by atoms with Crippen LogP contribution in [0.15, 0.2) is 35.6 Å². The zero-order chi connectivity index (χ0) is 13.8. The first-order valence-electron chi connectivity index (χ1n) is 6.81. The van der Waals surface area contributed by atoms with E-state index in [1.54, 1.807) is 18.0 Å². The Morgan fingerprint density at radius 2 is 2.32 bits per heavy atom. The van der Waals surface area contributed by atoms with Gasteiger partial charge in [0.2, 0.25) is 6.41 Å². The molecule has 0 aliphatic carbocycles. The largest absolute Gasteiger partial charge is 0.339 e. The van der Waals surface area contributed by atoms with Crippen LogP contribution in [-0.2, 0) is 11.3 Å². The standard InChI is InChI=1S/C14H18N4OS.2ClH/c19-10-17-13-9-20-14(11-4-6-15-7-11)18(13)8-12-3-1-2-5-16-12;;/h1-3,5,9-11,14-15H,4,6-8H2,(H,17,19);2*1H. The lowest BCUT2D eigenvalue weighted by Crippen LogP contribution is -2.38. The molecule has 0 bridgehead atoms. The third-order valence-electron chi connectivity index (χ3n) is 3.70. The molecule has 3 rings (SSSR count). The topological polar surface area (TPSA) is 57.3 Å². The summed E-state index contributed by atoms with van der Waals surface area (Å²) in [5.41, 5.74) is 1.02. The van der Waals surface area contributed by atoms with Gasteiger partial charge in [0.15, 0.2) is 0 Å². The second-order valence-corrected chi connectivity index (χ2v) is 5.98. The normalized spacial score (nSPS) is 23.3. The molecule has 1 fully saturated rings. The number of thioether (sulfide) groups is 1. The summed E-state index contributed by atoms with van der Waals surface area (Å²) in [6.45, 7) is 2.84. The first kappa shape index (κ1) is 19.1. The molecule has 122 valence electrons. The fourth-order valence-corrected chi connectivity index (χ4v) is 3.98. The minimum absolute atomic E-state index is 0. The van der Waals surface area contributed by atoms with Crippen molar-refractivity contribution in [2.45, 2.75) is 18.3 Å². The molecule has 2 unspecified atom stereocenters. The van der Waals surface area contributed by atoms with Gasteiger partial charge >= 0.3 is 0 Å². The van der Waals surface area contributed by atoms with E-state index in [4.69, 9.17) is 0 Å². The maximum atomic E-state index is 10.8. The molecule has 1 saturated heterocycles. The Hall–Kier alpha value is -0.950. The maximum Gasteiger partial charge on any atom is 0.212 e. The van der Waals surface area contributed by atoms with E-state index in [9.17, 15) is 4.79 Å². The number of carbonyl (C=O) groups is 1. The highest BCUT2D eigenvalue weighted by Crippen LogP contribution is 2.37. The summed E-state index contributed by atoms with van der Waals surface area (Å²) in [7, 11) is 0. The fraction of sp³-hybridized carbons (Fsp3) is 0.429. The quantitative estimate of drug-likeness (QED) is 0.784. The van der Waals surface area contributed by atoms with E-state index in [0.29, 0.717) is 11.3 Å². The Labute approximate surface area is 147 Å². The lowest BCUT2D eigenvalue weighted by atomic mass is 10.1. The van der Waals surface area contributed by atoms with Crippen molar-refractivity contribution in [1.29, 1.82) is 0 Å². The second kappa shape index (κ2) is 9.25. The average molecular weight is 363 g/mol. The lowest BCUT2D eigenvalue weighted by molar-refractivity contribution is -0.109. The van der Waals surface area contributed by atoms with Gasteiger partial charge in [-0.1, -0.05) is 6.07 Å². The van der Waals surface area contributed by atoms with Crippen molar-refractivity contribution in [2.75, 3.05) is 13.1 Å². The molecule has 2 N–H and O–H groups in total. The maximum absolute atomic E-state index is 10.8. The first-order valence-corrected chi connectivity index (χ1v) is 7.76. The van der Waals surface area contributed by atoms with Gasteiger partial charge in [0.1, 0.15) is 5.82 Å². The van der Waals surface area contributed by atoms with Crippen molar-refractivity contribution >= 4 is 43.0 Å². The van der Waals surface area contributed by atoms with Crippen molar-refractivity contribution in [1.82, 2.24) is 20.5 Å². The number of hydrogen-bond acceptors (Lipinski definition) is 5. The predicted molar refractivity (Wildman–Crippen MR) is 93.9 cm³/mol. The number of halogens is 2. The molecule has 5 nitrogen and oxygen atoms in total. The molecular weight excluding hydrogens is 343 g/mol. The Bertz CT molecular complexity index is 497. The van der Waals surface area contributed by atoms with Gasteiger partial charge in [-0.2, -0.15) is 0 Å². The number of nitrogens with zero attached hydrogens (tertiary/aromatic N) is 2. The molecule has 22 heavy (non-hydrogen) atoms. The van der Waals surface area contributed by atoms with Gasteiger partial charge in [-0.3, -0.25) is 9.78 Å². The number of carbonyl (C=O) groups excluding carboxylic acids is 1. The number of pyridine rings is 1. The Balaban J connectivity index is 0.00000121. The Morgan fingerprint density at radius 1 is 1.45 bits per heavy atom. The lowest BCUT2D eigenvalue weighted by Gasteiger charge is -2.31. The van der Waals surface area contributed by atoms with Gasteiger partial charge in [0.25, 0.3) is 0 Å². The number of aromatic nitrogens is 1. The van der Waals surface area contributed by atoms with Gasteiger partial charge in [-0.25, -0.2) is 0 Å². The van der Waals surface area contributed by atoms with Gasteiger partial charge in [-0.05, 0) is 25.1 Å². The van der Waals surface area contributed by atoms with E-state index < -0.39 is 0 Å². The average Bonchev–Trinajstić information content (AvgIpc) is 3.11. The van der Waals surface area contributed by atoms with Crippen molar-refractivity contribution < 1.29 is 4.79 Å². The summed E-state index contributed by atoms with van der Waals surface area (Å²) >= 11 is 1.79. The molecule has 2 aliphatic heterocycles. The molecule has 8 heteroatoms. The number of amides is 1. The van der Waals surface area contributed by atoms with Crippen LogP contribution in [0.1, 0.15) is 12.1 Å². The molecule has 0 radical (unpaired) electrons. The molecule has 2 aliphatic rings. The van der Waals surface area contributed by atoms with Crippen molar-refractivity contribution in [3.8, 4) is 0 Å². The van der Waals surface area contributed by atoms with Gasteiger partial charge in [0, 0.05) is 24.1 Å². The highest BCUT2D eigenvalue weighted by atomic mass is 35.5. The SMILES string of the molecule is Cl.Cl.O=CNC1=CSC(C2CCNC2)N1Cc1ccccn1. The molecule has 0 aromatic carbocycles. The Morgan fingerprint density at radius 3 is 2.95 bits per heavy atom. The van der Waals surface area contributed by atoms with E-state index in [0.717, 1.165) is 37.6 Å². The van der Waals surface area contributed by atoms with Crippen LogP contribution in [0.3, 0.4) is 0 Å². The van der Waals surface area contributed by atoms with Crippen molar-refractivity contribution in [2.24, 2.45) is 5.92 Å². The molecule has 2 atom stereocenters. The summed E-state index contributed by atoms with van der Waals surface area (Å²) in [5.74, 6) is 1.48. The summed E-state index contributed by atoms with van der Waals surface area (Å²) in [6.07, 6.45) is 3.73. The van der Waals surface area contributed by atoms with E-state index >= 15 is 0 Å². The zero-order valence-corrected chi connectivity index (χ0v) is 14.4. The van der Waals surface area contributed by atoms with E-state index in [1.165, 1.54) is 6.42 Å². The summed E-state index contributed by atoms with van der Waals surface area (Å²) in [4.78, 5) is 17.4. The molecule has 0 spiro atoms. The Kier molecular flexibility index (Phi) is 8.03. The van der Waals surface area contributed by atoms with Gasteiger partial charge in [0.05, 0.1) is 17.6 Å². The third-order valence-corrected chi connectivity index (χ3v) is 4.98. The second-order valence-electron chi connectivity index (χ2n) is 4.99. The van der Waals surface area contributed by atoms with Crippen molar-refractivity contribution in [3.05, 3.63) is 41.3 Å². The van der Waals surface area contributed by atoms with E-state index in [1.807, 2.05) is 23.6 Å². The van der Waals surface area contributed by atoms with Gasteiger partial charge in [-0.15, -0.1) is 36.6 Å². The molecule has 3 heterocycles. The molecule has 1 aromatic heterocycles. The van der Waals surface area contributed by atoms with Crippen LogP contribution in [-0.4, -0.2) is 34.8 Å². The zero-order valence-electron chi connectivity index (χ0n) is 12.0. The summed E-state index contributed by atoms with van der Waals surface area (Å²) in [5, 5.41) is 8.63.